The largest absolute Gasteiger partial charge is 0.463 e. The fourth-order valence-corrected chi connectivity index (χ4v) is 3.28. The molecule has 2 aromatic heterocycles. The maximum atomic E-state index is 5.43. The lowest BCUT2D eigenvalue weighted by Crippen LogP contribution is -2.46. The van der Waals surface area contributed by atoms with Crippen LogP contribution in [0.3, 0.4) is 0 Å². The number of furan rings is 1. The van der Waals surface area contributed by atoms with Gasteiger partial charge in [-0.15, -0.1) is 0 Å². The second-order valence-corrected chi connectivity index (χ2v) is 5.34. The molecule has 0 radical (unpaired) electrons. The lowest BCUT2D eigenvalue weighted by atomic mass is 9.92. The Morgan fingerprint density at radius 1 is 1.39 bits per heavy atom. The van der Waals surface area contributed by atoms with Crippen LogP contribution in [-0.4, -0.2) is 30.7 Å². The van der Waals surface area contributed by atoms with Crippen molar-refractivity contribution >= 4 is 16.8 Å². The molecule has 1 N–H and O–H groups in total. The summed E-state index contributed by atoms with van der Waals surface area (Å²) in [4.78, 5) is 6.87. The van der Waals surface area contributed by atoms with E-state index in [0.29, 0.717) is 6.04 Å². The van der Waals surface area contributed by atoms with Gasteiger partial charge in [-0.1, -0.05) is 0 Å². The molecule has 0 saturated carbocycles. The first-order valence-electron chi connectivity index (χ1n) is 6.72. The molecule has 2 aliphatic heterocycles. The third kappa shape index (κ3) is 1.60. The van der Waals surface area contributed by atoms with E-state index in [0.717, 1.165) is 30.1 Å². The number of rotatable bonds is 1. The Kier molecular flexibility index (Phi) is 2.30. The highest BCUT2D eigenvalue weighted by molar-refractivity contribution is 5.76. The topological polar surface area (TPSA) is 41.3 Å². The third-order valence-corrected chi connectivity index (χ3v) is 4.33. The molecule has 2 atom stereocenters. The quantitative estimate of drug-likeness (QED) is 0.832. The molecule has 18 heavy (non-hydrogen) atoms. The maximum Gasteiger partial charge on any atom is 0.154 e. The summed E-state index contributed by atoms with van der Waals surface area (Å²) in [6.45, 7) is 3.41. The number of nitrogens with zero attached hydrogens (tertiary/aromatic N) is 2. The van der Waals surface area contributed by atoms with E-state index >= 15 is 0 Å². The average molecular weight is 243 g/mol. The van der Waals surface area contributed by atoms with E-state index in [1.165, 1.54) is 25.1 Å². The van der Waals surface area contributed by atoms with Crippen molar-refractivity contribution < 1.29 is 4.42 Å². The van der Waals surface area contributed by atoms with Gasteiger partial charge in [-0.3, -0.25) is 4.98 Å². The summed E-state index contributed by atoms with van der Waals surface area (Å²) in [6, 6.07) is 4.67. The monoisotopic (exact) mass is 243 g/mol. The average Bonchev–Trinajstić information content (AvgIpc) is 3.05. The van der Waals surface area contributed by atoms with E-state index in [1.54, 1.807) is 6.26 Å². The molecular formula is C14H17N3O. The SMILES string of the molecule is c1cc2ncc(N3CC[C@H]4CCN[C@H]4C3)cc2o1. The Hall–Kier alpha value is -1.55. The standard InChI is InChI=1S/C14H17N3O/c1-4-15-13-9-17(5-2-10(1)13)11-7-14-12(16-8-11)3-6-18-14/h3,6-8,10,13,15H,1-2,4-5,9H2/t10-,13+/m1/s1. The summed E-state index contributed by atoms with van der Waals surface area (Å²) in [6.07, 6.45) is 6.29. The second kappa shape index (κ2) is 3.99. The molecule has 4 rings (SSSR count). The number of aromatic nitrogens is 1. The van der Waals surface area contributed by atoms with E-state index in [1.807, 2.05) is 12.3 Å². The highest BCUT2D eigenvalue weighted by atomic mass is 16.3. The number of piperidine rings is 1. The van der Waals surface area contributed by atoms with Gasteiger partial charge in [-0.05, 0) is 25.3 Å². The summed E-state index contributed by atoms with van der Waals surface area (Å²) in [5.41, 5.74) is 3.01. The molecule has 94 valence electrons. The van der Waals surface area contributed by atoms with Crippen LogP contribution in [0.25, 0.3) is 11.1 Å². The van der Waals surface area contributed by atoms with Crippen molar-refractivity contribution in [1.82, 2.24) is 10.3 Å². The summed E-state index contributed by atoms with van der Waals surface area (Å²) < 4.78 is 5.43. The Morgan fingerprint density at radius 2 is 2.39 bits per heavy atom. The fourth-order valence-electron chi connectivity index (χ4n) is 3.28. The lowest BCUT2D eigenvalue weighted by Gasteiger charge is -2.36. The predicted octanol–water partition coefficient (Wildman–Crippen LogP) is 2.02. The van der Waals surface area contributed by atoms with Crippen LogP contribution >= 0.6 is 0 Å². The number of fused-ring (bicyclic) bond motifs is 2. The van der Waals surface area contributed by atoms with Crippen molar-refractivity contribution in [3.63, 3.8) is 0 Å². The van der Waals surface area contributed by atoms with Gasteiger partial charge in [0.05, 0.1) is 18.1 Å². The Bertz CT molecular complexity index is 565. The first-order chi connectivity index (χ1) is 8.90. The summed E-state index contributed by atoms with van der Waals surface area (Å²) >= 11 is 0. The molecule has 2 fully saturated rings. The van der Waals surface area contributed by atoms with Gasteiger partial charge < -0.3 is 14.6 Å². The van der Waals surface area contributed by atoms with E-state index in [9.17, 15) is 0 Å². The molecule has 4 nitrogen and oxygen atoms in total. The van der Waals surface area contributed by atoms with Gasteiger partial charge in [0.15, 0.2) is 5.58 Å². The molecule has 2 aliphatic rings. The van der Waals surface area contributed by atoms with Crippen molar-refractivity contribution in [2.45, 2.75) is 18.9 Å². The minimum atomic E-state index is 0.658. The van der Waals surface area contributed by atoms with Gasteiger partial charge in [-0.2, -0.15) is 0 Å². The molecule has 2 aromatic rings. The van der Waals surface area contributed by atoms with Crippen LogP contribution in [0.15, 0.2) is 29.0 Å². The van der Waals surface area contributed by atoms with Gasteiger partial charge >= 0.3 is 0 Å². The van der Waals surface area contributed by atoms with Crippen molar-refractivity contribution in [1.29, 1.82) is 0 Å². The Balaban J connectivity index is 1.62. The molecular weight excluding hydrogens is 226 g/mol. The van der Waals surface area contributed by atoms with Crippen LogP contribution in [0, 0.1) is 5.92 Å². The zero-order valence-electron chi connectivity index (χ0n) is 10.3. The Morgan fingerprint density at radius 3 is 3.39 bits per heavy atom. The fraction of sp³-hybridized carbons (Fsp3) is 0.500. The van der Waals surface area contributed by atoms with Crippen LogP contribution in [0.1, 0.15) is 12.8 Å². The van der Waals surface area contributed by atoms with Crippen LogP contribution in [0.4, 0.5) is 5.69 Å². The molecule has 2 saturated heterocycles. The van der Waals surface area contributed by atoms with Gasteiger partial charge in [0.1, 0.15) is 5.52 Å². The summed E-state index contributed by atoms with van der Waals surface area (Å²) in [7, 11) is 0. The minimum absolute atomic E-state index is 0.658. The molecule has 0 bridgehead atoms. The molecule has 0 amide bonds. The van der Waals surface area contributed by atoms with E-state index in [4.69, 9.17) is 4.42 Å². The first-order valence-corrected chi connectivity index (χ1v) is 6.72. The van der Waals surface area contributed by atoms with Crippen LogP contribution in [0.2, 0.25) is 0 Å². The zero-order chi connectivity index (χ0) is 11.9. The summed E-state index contributed by atoms with van der Waals surface area (Å²) in [5.74, 6) is 0.876. The van der Waals surface area contributed by atoms with Crippen LogP contribution in [0.5, 0.6) is 0 Å². The number of nitrogens with one attached hydrogen (secondary N) is 1. The van der Waals surface area contributed by atoms with Crippen molar-refractivity contribution in [3.8, 4) is 0 Å². The van der Waals surface area contributed by atoms with Crippen LogP contribution < -0.4 is 10.2 Å². The number of hydrogen-bond acceptors (Lipinski definition) is 4. The molecule has 4 heterocycles. The second-order valence-electron chi connectivity index (χ2n) is 5.34. The summed E-state index contributed by atoms with van der Waals surface area (Å²) in [5, 5.41) is 3.60. The van der Waals surface area contributed by atoms with Gasteiger partial charge in [-0.25, -0.2) is 0 Å². The smallest absolute Gasteiger partial charge is 0.154 e. The molecule has 0 aromatic carbocycles. The minimum Gasteiger partial charge on any atom is -0.463 e. The highest BCUT2D eigenvalue weighted by Crippen LogP contribution is 2.29. The molecule has 0 spiro atoms. The molecule has 4 heteroatoms. The normalized spacial score (nSPS) is 27.7. The predicted molar refractivity (Wildman–Crippen MR) is 70.7 cm³/mol. The molecule has 0 aliphatic carbocycles. The highest BCUT2D eigenvalue weighted by Gasteiger charge is 2.32. The maximum absolute atomic E-state index is 5.43. The van der Waals surface area contributed by atoms with E-state index in [-0.39, 0.29) is 0 Å². The zero-order valence-corrected chi connectivity index (χ0v) is 10.3. The Labute approximate surface area is 106 Å². The van der Waals surface area contributed by atoms with Gasteiger partial charge in [0, 0.05) is 31.3 Å². The van der Waals surface area contributed by atoms with E-state index in [2.05, 4.69) is 21.3 Å². The van der Waals surface area contributed by atoms with Gasteiger partial charge in [0.2, 0.25) is 0 Å². The molecule has 0 unspecified atom stereocenters. The van der Waals surface area contributed by atoms with E-state index < -0.39 is 0 Å². The first kappa shape index (κ1) is 10.4. The number of pyridine rings is 1. The van der Waals surface area contributed by atoms with Crippen molar-refractivity contribution in [2.24, 2.45) is 5.92 Å². The van der Waals surface area contributed by atoms with Crippen LogP contribution in [-0.2, 0) is 0 Å². The number of anilines is 1. The van der Waals surface area contributed by atoms with Crippen molar-refractivity contribution in [2.75, 3.05) is 24.5 Å². The van der Waals surface area contributed by atoms with Gasteiger partial charge in [0.25, 0.3) is 0 Å². The number of hydrogen-bond donors (Lipinski definition) is 1. The lowest BCUT2D eigenvalue weighted by molar-refractivity contribution is 0.373. The third-order valence-electron chi connectivity index (χ3n) is 4.33. The van der Waals surface area contributed by atoms with Crippen molar-refractivity contribution in [3.05, 3.63) is 24.6 Å².